The van der Waals surface area contributed by atoms with Crippen molar-refractivity contribution in [1.82, 2.24) is 14.7 Å². The van der Waals surface area contributed by atoms with Gasteiger partial charge in [0.1, 0.15) is 5.75 Å². The van der Waals surface area contributed by atoms with Gasteiger partial charge in [0.2, 0.25) is 0 Å². The average molecular weight is 344 g/mol. The van der Waals surface area contributed by atoms with Gasteiger partial charge in [-0.15, -0.1) is 0 Å². The van der Waals surface area contributed by atoms with Gasteiger partial charge in [-0.1, -0.05) is 12.1 Å². The smallest absolute Gasteiger partial charge is 0.356 e. The Balaban J connectivity index is 1.76. The average Bonchev–Trinajstić information content (AvgIpc) is 2.93. The monoisotopic (exact) mass is 344 g/mol. The van der Waals surface area contributed by atoms with E-state index in [4.69, 9.17) is 4.74 Å². The van der Waals surface area contributed by atoms with E-state index in [0.29, 0.717) is 43.1 Å². The quantitative estimate of drug-likeness (QED) is 0.885. The van der Waals surface area contributed by atoms with Crippen molar-refractivity contribution in [3.63, 3.8) is 0 Å². The molecule has 0 unspecified atom stereocenters. The third-order valence-electron chi connectivity index (χ3n) is 4.17. The molecule has 1 aliphatic heterocycles. The maximum atomic E-state index is 12.6. The number of fused-ring (bicyclic) bond motifs is 1. The Kier molecular flexibility index (Phi) is 4.60. The number of amides is 2. The number of rotatable bonds is 4. The topological polar surface area (TPSA) is 96.7 Å². The highest BCUT2D eigenvalue weighted by Gasteiger charge is 2.29. The molecular formula is C17H20N4O4. The molecule has 0 aliphatic carbocycles. The minimum Gasteiger partial charge on any atom is -0.492 e. The van der Waals surface area contributed by atoms with Gasteiger partial charge in [-0.3, -0.25) is 4.68 Å². The summed E-state index contributed by atoms with van der Waals surface area (Å²) < 4.78 is 7.05. The summed E-state index contributed by atoms with van der Waals surface area (Å²) in [6, 6.07) is 7.00. The highest BCUT2D eigenvalue weighted by Crippen LogP contribution is 2.26. The van der Waals surface area contributed by atoms with E-state index in [1.54, 1.807) is 24.1 Å². The molecule has 0 bridgehead atoms. The number of anilines is 1. The van der Waals surface area contributed by atoms with Gasteiger partial charge < -0.3 is 20.1 Å². The molecule has 1 aliphatic rings. The van der Waals surface area contributed by atoms with Crippen LogP contribution >= 0.6 is 0 Å². The first-order valence-corrected chi connectivity index (χ1v) is 8.07. The maximum absolute atomic E-state index is 12.6. The summed E-state index contributed by atoms with van der Waals surface area (Å²) in [4.78, 5) is 25.5. The molecule has 2 N–H and O–H groups in total. The summed E-state index contributed by atoms with van der Waals surface area (Å²) in [5.41, 5.74) is 2.13. The number of hydrogen-bond donors (Lipinski definition) is 2. The molecule has 0 radical (unpaired) electrons. The van der Waals surface area contributed by atoms with Crippen molar-refractivity contribution in [2.24, 2.45) is 7.05 Å². The zero-order valence-corrected chi connectivity index (χ0v) is 14.2. The largest absolute Gasteiger partial charge is 0.492 e. The SMILES string of the molecule is CCOc1ccccc1NC(=O)N1CCc2c(C(=O)O)nn(C)c2C1. The number of aromatic nitrogens is 2. The minimum absolute atomic E-state index is 0.0687. The van der Waals surface area contributed by atoms with Crippen molar-refractivity contribution in [1.29, 1.82) is 0 Å². The summed E-state index contributed by atoms with van der Waals surface area (Å²) in [7, 11) is 1.69. The van der Waals surface area contributed by atoms with Crippen LogP contribution in [-0.4, -0.2) is 44.9 Å². The predicted molar refractivity (Wildman–Crippen MR) is 90.9 cm³/mol. The third kappa shape index (κ3) is 3.28. The van der Waals surface area contributed by atoms with E-state index < -0.39 is 5.97 Å². The Morgan fingerprint density at radius 2 is 2.12 bits per heavy atom. The van der Waals surface area contributed by atoms with Gasteiger partial charge in [0.15, 0.2) is 5.69 Å². The van der Waals surface area contributed by atoms with E-state index in [0.717, 1.165) is 5.69 Å². The van der Waals surface area contributed by atoms with Crippen molar-refractivity contribution in [2.45, 2.75) is 19.9 Å². The number of para-hydroxylation sites is 2. The van der Waals surface area contributed by atoms with Gasteiger partial charge in [0.25, 0.3) is 0 Å². The normalized spacial score (nSPS) is 13.3. The Hall–Kier alpha value is -3.03. The van der Waals surface area contributed by atoms with Crippen LogP contribution in [0.15, 0.2) is 24.3 Å². The van der Waals surface area contributed by atoms with Crippen molar-refractivity contribution in [3.05, 3.63) is 41.2 Å². The second-order valence-corrected chi connectivity index (χ2v) is 5.73. The van der Waals surface area contributed by atoms with Gasteiger partial charge in [0, 0.05) is 19.2 Å². The molecule has 1 aromatic heterocycles. The van der Waals surface area contributed by atoms with E-state index in [1.807, 2.05) is 19.1 Å². The van der Waals surface area contributed by atoms with Crippen LogP contribution in [0.2, 0.25) is 0 Å². The van der Waals surface area contributed by atoms with Crippen LogP contribution in [0.4, 0.5) is 10.5 Å². The molecule has 0 spiro atoms. The number of hydrogen-bond acceptors (Lipinski definition) is 4. The van der Waals surface area contributed by atoms with Gasteiger partial charge in [-0.05, 0) is 25.5 Å². The molecule has 2 heterocycles. The van der Waals surface area contributed by atoms with E-state index in [-0.39, 0.29) is 11.7 Å². The number of carbonyl (C=O) groups is 2. The Morgan fingerprint density at radius 3 is 2.84 bits per heavy atom. The molecule has 3 rings (SSSR count). The zero-order chi connectivity index (χ0) is 18.0. The summed E-state index contributed by atoms with van der Waals surface area (Å²) in [5.74, 6) is -0.426. The summed E-state index contributed by atoms with van der Waals surface area (Å²) in [5, 5.41) is 16.1. The highest BCUT2D eigenvalue weighted by molar-refractivity contribution is 5.91. The molecule has 0 fully saturated rings. The lowest BCUT2D eigenvalue weighted by molar-refractivity contribution is 0.0688. The van der Waals surface area contributed by atoms with E-state index >= 15 is 0 Å². The first kappa shape index (κ1) is 16.8. The van der Waals surface area contributed by atoms with E-state index in [9.17, 15) is 14.7 Å². The molecule has 0 atom stereocenters. The first-order valence-electron chi connectivity index (χ1n) is 8.07. The van der Waals surface area contributed by atoms with Crippen LogP contribution in [0.5, 0.6) is 5.75 Å². The highest BCUT2D eigenvalue weighted by atomic mass is 16.5. The molecule has 2 amide bonds. The van der Waals surface area contributed by atoms with Crippen molar-refractivity contribution in [3.8, 4) is 5.75 Å². The summed E-state index contributed by atoms with van der Waals surface area (Å²) in [6.07, 6.45) is 0.464. The lowest BCUT2D eigenvalue weighted by Crippen LogP contribution is -2.39. The lowest BCUT2D eigenvalue weighted by Gasteiger charge is -2.28. The van der Waals surface area contributed by atoms with Crippen LogP contribution in [0.1, 0.15) is 28.7 Å². The van der Waals surface area contributed by atoms with E-state index in [2.05, 4.69) is 10.4 Å². The van der Waals surface area contributed by atoms with Crippen molar-refractivity contribution < 1.29 is 19.4 Å². The molecule has 8 heteroatoms. The predicted octanol–water partition coefficient (Wildman–Crippen LogP) is 2.11. The van der Waals surface area contributed by atoms with Crippen molar-refractivity contribution >= 4 is 17.7 Å². The molecule has 2 aromatic rings. The summed E-state index contributed by atoms with van der Waals surface area (Å²) >= 11 is 0. The maximum Gasteiger partial charge on any atom is 0.356 e. The van der Waals surface area contributed by atoms with Gasteiger partial charge >= 0.3 is 12.0 Å². The number of nitrogens with one attached hydrogen (secondary N) is 1. The molecule has 132 valence electrons. The van der Waals surface area contributed by atoms with Gasteiger partial charge in [-0.2, -0.15) is 5.10 Å². The number of carboxylic acids is 1. The molecular weight excluding hydrogens is 324 g/mol. The van der Waals surface area contributed by atoms with Crippen LogP contribution in [0.3, 0.4) is 0 Å². The first-order chi connectivity index (χ1) is 12.0. The minimum atomic E-state index is -1.04. The Morgan fingerprint density at radius 1 is 1.36 bits per heavy atom. The number of carboxylic acid groups (broad SMARTS) is 1. The molecule has 0 saturated carbocycles. The molecule has 0 saturated heterocycles. The van der Waals surface area contributed by atoms with Gasteiger partial charge in [0.05, 0.1) is 24.5 Å². The van der Waals surface area contributed by atoms with E-state index in [1.165, 1.54) is 4.68 Å². The standard InChI is InChI=1S/C17H20N4O4/c1-3-25-14-7-5-4-6-12(14)18-17(24)21-9-8-11-13(10-21)20(2)19-15(11)16(22)23/h4-7H,3,8-10H2,1-2H3,(H,18,24)(H,22,23). The van der Waals surface area contributed by atoms with Crippen LogP contribution < -0.4 is 10.1 Å². The summed E-state index contributed by atoms with van der Waals surface area (Å²) in [6.45, 7) is 3.14. The second kappa shape index (κ2) is 6.84. The van der Waals surface area contributed by atoms with Crippen molar-refractivity contribution in [2.75, 3.05) is 18.5 Å². The number of aromatic carboxylic acids is 1. The number of ether oxygens (including phenoxy) is 1. The lowest BCUT2D eigenvalue weighted by atomic mass is 10.0. The number of nitrogens with zero attached hydrogens (tertiary/aromatic N) is 3. The fourth-order valence-corrected chi connectivity index (χ4v) is 2.96. The molecule has 1 aromatic carbocycles. The van der Waals surface area contributed by atoms with Crippen LogP contribution in [-0.2, 0) is 20.0 Å². The third-order valence-corrected chi connectivity index (χ3v) is 4.17. The number of urea groups is 1. The molecule has 8 nitrogen and oxygen atoms in total. The number of benzene rings is 1. The zero-order valence-electron chi connectivity index (χ0n) is 14.2. The van der Waals surface area contributed by atoms with Crippen LogP contribution in [0, 0.1) is 0 Å². The fourth-order valence-electron chi connectivity index (χ4n) is 2.96. The van der Waals surface area contributed by atoms with Gasteiger partial charge in [-0.25, -0.2) is 9.59 Å². The Labute approximate surface area is 145 Å². The second-order valence-electron chi connectivity index (χ2n) is 5.73. The number of carbonyl (C=O) groups excluding carboxylic acids is 1. The molecule has 25 heavy (non-hydrogen) atoms. The fraction of sp³-hybridized carbons (Fsp3) is 0.353. The van der Waals surface area contributed by atoms with Crippen LogP contribution in [0.25, 0.3) is 0 Å². The Bertz CT molecular complexity index is 815. The number of aryl methyl sites for hydroxylation is 1.